The Labute approximate surface area is 104 Å². The molecule has 0 heterocycles. The fourth-order valence-corrected chi connectivity index (χ4v) is 0.912. The summed E-state index contributed by atoms with van der Waals surface area (Å²) in [6.07, 6.45) is 10.0. The van der Waals surface area contributed by atoms with Gasteiger partial charge in [0.2, 0.25) is 0 Å². The summed E-state index contributed by atoms with van der Waals surface area (Å²) in [4.78, 5) is 0. The Balaban J connectivity index is -0.000000376. The first-order valence-corrected chi connectivity index (χ1v) is 6.91. The second kappa shape index (κ2) is 23.8. The highest BCUT2D eigenvalue weighted by Crippen LogP contribution is 1.94. The van der Waals surface area contributed by atoms with Gasteiger partial charge in [-0.05, 0) is 25.8 Å². The van der Waals surface area contributed by atoms with Gasteiger partial charge in [-0.1, -0.05) is 60.1 Å². The van der Waals surface area contributed by atoms with Gasteiger partial charge in [-0.15, -0.1) is 0 Å². The number of hydrogen-bond acceptors (Lipinski definition) is 1. The van der Waals surface area contributed by atoms with Gasteiger partial charge in [0, 0.05) is 12.2 Å². The van der Waals surface area contributed by atoms with Crippen LogP contribution in [0.1, 0.15) is 67.7 Å². The molecule has 0 amide bonds. The molecule has 0 fully saturated rings. The summed E-state index contributed by atoms with van der Waals surface area (Å²) in [5, 5.41) is 3.38. The Hall–Kier alpha value is -0.720. The third-order valence-electron chi connectivity index (χ3n) is 1.70. The number of hydrogen-bond donors (Lipinski definition) is 1. The van der Waals surface area contributed by atoms with Gasteiger partial charge in [0.25, 0.3) is 0 Å². The van der Waals surface area contributed by atoms with Crippen molar-refractivity contribution in [3.8, 4) is 0 Å². The van der Waals surface area contributed by atoms with E-state index in [1.165, 1.54) is 18.5 Å². The van der Waals surface area contributed by atoms with Crippen molar-refractivity contribution in [3.63, 3.8) is 0 Å². The van der Waals surface area contributed by atoms with Gasteiger partial charge in [-0.25, -0.2) is 0 Å². The molecule has 16 heavy (non-hydrogen) atoms. The molecule has 0 saturated heterocycles. The summed E-state index contributed by atoms with van der Waals surface area (Å²) < 4.78 is 0. The van der Waals surface area contributed by atoms with E-state index in [-0.39, 0.29) is 0 Å². The number of unbranched alkanes of at least 4 members (excludes halogenated alkanes) is 1. The van der Waals surface area contributed by atoms with Crippen molar-refractivity contribution in [2.75, 3.05) is 6.54 Å². The van der Waals surface area contributed by atoms with Crippen molar-refractivity contribution in [3.05, 3.63) is 23.9 Å². The van der Waals surface area contributed by atoms with Crippen molar-refractivity contribution in [1.29, 1.82) is 0 Å². The highest BCUT2D eigenvalue weighted by Gasteiger charge is 1.87. The molecule has 0 saturated carbocycles. The number of allylic oxidation sites excluding steroid dienone is 3. The molecule has 0 aliphatic carbocycles. The first-order chi connectivity index (χ1) is 7.85. The summed E-state index contributed by atoms with van der Waals surface area (Å²) in [5.74, 6) is 0. The van der Waals surface area contributed by atoms with E-state index in [0.29, 0.717) is 0 Å². The number of nitrogens with one attached hydrogen (secondary N) is 1. The first-order valence-electron chi connectivity index (χ1n) is 6.91. The van der Waals surface area contributed by atoms with E-state index in [0.717, 1.165) is 13.0 Å². The topological polar surface area (TPSA) is 12.0 Å². The van der Waals surface area contributed by atoms with Crippen LogP contribution >= 0.6 is 0 Å². The Morgan fingerprint density at radius 2 is 1.62 bits per heavy atom. The highest BCUT2D eigenvalue weighted by molar-refractivity contribution is 5.15. The van der Waals surface area contributed by atoms with Crippen molar-refractivity contribution >= 4 is 0 Å². The predicted octanol–water partition coefficient (Wildman–Crippen LogP) is 5.30. The molecule has 0 aromatic carbocycles. The lowest BCUT2D eigenvalue weighted by molar-refractivity contribution is 0.718. The third-order valence-corrected chi connectivity index (χ3v) is 1.70. The predicted molar refractivity (Wildman–Crippen MR) is 78.8 cm³/mol. The van der Waals surface area contributed by atoms with Gasteiger partial charge in [0.1, 0.15) is 0 Å². The fourth-order valence-electron chi connectivity index (χ4n) is 0.912. The smallest absolute Gasteiger partial charge is 0.0293 e. The van der Waals surface area contributed by atoms with E-state index in [1.54, 1.807) is 0 Å². The minimum absolute atomic E-state index is 1.09. The van der Waals surface area contributed by atoms with Gasteiger partial charge in [0.15, 0.2) is 0 Å². The second-order valence-corrected chi connectivity index (χ2v) is 2.83. The van der Waals surface area contributed by atoms with Crippen LogP contribution in [0.5, 0.6) is 0 Å². The standard InChI is InChI=1S/C11H21N.2C2H6/c1-4-7-9-11(6-3)12-10-8-5-2;2*1-2/h6-7,9,12H,4-5,8,10H2,1-3H3;2*1-2H3/b9-7-,11-6+;;. The van der Waals surface area contributed by atoms with E-state index >= 15 is 0 Å². The lowest BCUT2D eigenvalue weighted by Gasteiger charge is -2.04. The molecule has 1 nitrogen and oxygen atoms in total. The molecule has 98 valence electrons. The normalized spacial score (nSPS) is 10.1. The molecule has 0 atom stereocenters. The van der Waals surface area contributed by atoms with Crippen molar-refractivity contribution in [2.24, 2.45) is 0 Å². The maximum absolute atomic E-state index is 3.38. The average Bonchev–Trinajstić information content (AvgIpc) is 2.38. The Bertz CT molecular complexity index is 146. The van der Waals surface area contributed by atoms with Crippen LogP contribution in [0.3, 0.4) is 0 Å². The minimum Gasteiger partial charge on any atom is -0.385 e. The van der Waals surface area contributed by atoms with Crippen LogP contribution in [0.25, 0.3) is 0 Å². The molecule has 0 unspecified atom stereocenters. The first kappa shape index (κ1) is 20.7. The van der Waals surface area contributed by atoms with E-state index in [4.69, 9.17) is 0 Å². The van der Waals surface area contributed by atoms with E-state index in [1.807, 2.05) is 27.7 Å². The lowest BCUT2D eigenvalue weighted by Crippen LogP contribution is -2.12. The summed E-state index contributed by atoms with van der Waals surface area (Å²) in [5.41, 5.74) is 1.24. The molecule has 1 heteroatoms. The maximum atomic E-state index is 3.38. The zero-order valence-electron chi connectivity index (χ0n) is 12.6. The Morgan fingerprint density at radius 3 is 2.00 bits per heavy atom. The van der Waals surface area contributed by atoms with Crippen molar-refractivity contribution in [1.82, 2.24) is 5.32 Å². The molecular weight excluding hydrogens is 194 g/mol. The van der Waals surface area contributed by atoms with E-state index in [2.05, 4.69) is 44.3 Å². The maximum Gasteiger partial charge on any atom is 0.0293 e. The SMILES string of the molecule is C/C=C(\C=C/CC)NCCCC.CC.CC. The van der Waals surface area contributed by atoms with Crippen LogP contribution in [0.4, 0.5) is 0 Å². The van der Waals surface area contributed by atoms with Gasteiger partial charge >= 0.3 is 0 Å². The van der Waals surface area contributed by atoms with Gasteiger partial charge in [-0.3, -0.25) is 0 Å². The van der Waals surface area contributed by atoms with Crippen LogP contribution in [0.2, 0.25) is 0 Å². The molecule has 0 rings (SSSR count). The van der Waals surface area contributed by atoms with Crippen molar-refractivity contribution in [2.45, 2.75) is 67.7 Å². The van der Waals surface area contributed by atoms with Crippen LogP contribution < -0.4 is 5.32 Å². The minimum atomic E-state index is 1.09. The molecule has 0 radical (unpaired) electrons. The van der Waals surface area contributed by atoms with Crippen molar-refractivity contribution < 1.29 is 0 Å². The lowest BCUT2D eigenvalue weighted by atomic mass is 10.3. The quantitative estimate of drug-likeness (QED) is 0.479. The molecule has 0 aliphatic rings. The van der Waals surface area contributed by atoms with Crippen LogP contribution in [-0.4, -0.2) is 6.54 Å². The average molecular weight is 227 g/mol. The largest absolute Gasteiger partial charge is 0.385 e. The number of rotatable bonds is 6. The van der Waals surface area contributed by atoms with Gasteiger partial charge in [-0.2, -0.15) is 0 Å². The Morgan fingerprint density at radius 1 is 1.06 bits per heavy atom. The summed E-state index contributed by atoms with van der Waals surface area (Å²) in [6.45, 7) is 15.5. The summed E-state index contributed by atoms with van der Waals surface area (Å²) in [6, 6.07) is 0. The van der Waals surface area contributed by atoms with Gasteiger partial charge < -0.3 is 5.32 Å². The second-order valence-electron chi connectivity index (χ2n) is 2.83. The Kier molecular flexibility index (Phi) is 30.8. The molecule has 0 spiro atoms. The molecule has 0 aromatic rings. The molecule has 0 aromatic heterocycles. The van der Waals surface area contributed by atoms with Crippen LogP contribution in [0, 0.1) is 0 Å². The fraction of sp³-hybridized carbons (Fsp3) is 0.733. The third kappa shape index (κ3) is 18.9. The zero-order chi connectivity index (χ0) is 13.2. The molecule has 0 aliphatic heterocycles. The van der Waals surface area contributed by atoms with E-state index < -0.39 is 0 Å². The molecule has 0 bridgehead atoms. The summed E-state index contributed by atoms with van der Waals surface area (Å²) in [7, 11) is 0. The van der Waals surface area contributed by atoms with Crippen LogP contribution in [0.15, 0.2) is 23.9 Å². The van der Waals surface area contributed by atoms with Gasteiger partial charge in [0.05, 0.1) is 0 Å². The summed E-state index contributed by atoms with van der Waals surface area (Å²) >= 11 is 0. The molecule has 1 N–H and O–H groups in total. The highest BCUT2D eigenvalue weighted by atomic mass is 14.9. The van der Waals surface area contributed by atoms with E-state index in [9.17, 15) is 0 Å². The van der Waals surface area contributed by atoms with Crippen LogP contribution in [-0.2, 0) is 0 Å². The zero-order valence-corrected chi connectivity index (χ0v) is 12.6. The molecular formula is C15H33N. The monoisotopic (exact) mass is 227 g/mol.